The van der Waals surface area contributed by atoms with E-state index in [9.17, 15) is 0 Å². The smallest absolute Gasteiger partial charge is 0.119 e. The molecule has 0 amide bonds. The van der Waals surface area contributed by atoms with E-state index in [0.29, 0.717) is 13.2 Å². The summed E-state index contributed by atoms with van der Waals surface area (Å²) in [5.41, 5.74) is 6.73. The molecule has 3 N–H and O–H groups in total. The third-order valence-electron chi connectivity index (χ3n) is 3.91. The molecule has 1 heterocycles. The molecule has 1 aliphatic heterocycles. The molecule has 1 fully saturated rings. The zero-order chi connectivity index (χ0) is 14.9. The highest BCUT2D eigenvalue weighted by atomic mass is 16.5. The van der Waals surface area contributed by atoms with Crippen LogP contribution < -0.4 is 10.5 Å². The highest BCUT2D eigenvalue weighted by molar-refractivity contribution is 5.28. The fraction of sp³-hybridized carbons (Fsp3) is 0.625. The first-order valence-electron chi connectivity index (χ1n) is 7.79. The molecule has 0 spiro atoms. The van der Waals surface area contributed by atoms with E-state index in [-0.39, 0.29) is 6.61 Å². The van der Waals surface area contributed by atoms with Crippen LogP contribution in [0.4, 0.5) is 0 Å². The van der Waals surface area contributed by atoms with Crippen LogP contribution in [-0.4, -0.2) is 67.4 Å². The Morgan fingerprint density at radius 2 is 1.86 bits per heavy atom. The predicted octanol–water partition coefficient (Wildman–Crippen LogP) is 0.524. The molecule has 5 heteroatoms. The van der Waals surface area contributed by atoms with Gasteiger partial charge >= 0.3 is 0 Å². The van der Waals surface area contributed by atoms with Crippen LogP contribution in [0.25, 0.3) is 0 Å². The summed E-state index contributed by atoms with van der Waals surface area (Å²) in [5, 5.41) is 9.00. The summed E-state index contributed by atoms with van der Waals surface area (Å²) in [5.74, 6) is 0.898. The summed E-state index contributed by atoms with van der Waals surface area (Å²) in [6.07, 6.45) is 1.16. The second kappa shape index (κ2) is 9.00. The molecule has 1 aromatic rings. The van der Waals surface area contributed by atoms with Crippen LogP contribution in [0.2, 0.25) is 0 Å². The van der Waals surface area contributed by atoms with Crippen molar-refractivity contribution >= 4 is 0 Å². The quantitative estimate of drug-likeness (QED) is 0.768. The van der Waals surface area contributed by atoms with E-state index in [1.165, 1.54) is 0 Å². The molecule has 0 atom stereocenters. The lowest BCUT2D eigenvalue weighted by Gasteiger charge is -2.21. The number of β-amino-alcohol motifs (C(OH)–C–C–N with tert-alkyl or cyclic N) is 1. The van der Waals surface area contributed by atoms with E-state index in [0.717, 1.165) is 57.0 Å². The molecule has 0 unspecified atom stereocenters. The Balaban J connectivity index is 1.70. The molecule has 5 nitrogen and oxygen atoms in total. The number of aliphatic hydroxyl groups is 1. The van der Waals surface area contributed by atoms with E-state index < -0.39 is 0 Å². The van der Waals surface area contributed by atoms with Crippen LogP contribution in [0.15, 0.2) is 24.3 Å². The van der Waals surface area contributed by atoms with Crippen LogP contribution >= 0.6 is 0 Å². The largest absolute Gasteiger partial charge is 0.492 e. The van der Waals surface area contributed by atoms with E-state index in [2.05, 4.69) is 9.80 Å². The third-order valence-corrected chi connectivity index (χ3v) is 3.91. The van der Waals surface area contributed by atoms with Crippen molar-refractivity contribution in [3.05, 3.63) is 29.8 Å². The summed E-state index contributed by atoms with van der Waals surface area (Å²) in [6.45, 7) is 7.49. The average molecular weight is 293 g/mol. The van der Waals surface area contributed by atoms with Gasteiger partial charge in [-0.15, -0.1) is 0 Å². The average Bonchev–Trinajstić information content (AvgIpc) is 2.74. The van der Waals surface area contributed by atoms with Crippen LogP contribution in [0.1, 0.15) is 12.0 Å². The van der Waals surface area contributed by atoms with Crippen LogP contribution in [0.3, 0.4) is 0 Å². The molecule has 21 heavy (non-hydrogen) atoms. The van der Waals surface area contributed by atoms with Gasteiger partial charge in [0.25, 0.3) is 0 Å². The second-order valence-corrected chi connectivity index (χ2v) is 5.46. The molecular formula is C16H27N3O2. The van der Waals surface area contributed by atoms with E-state index in [1.54, 1.807) is 0 Å². The van der Waals surface area contributed by atoms with Crippen molar-refractivity contribution < 1.29 is 9.84 Å². The fourth-order valence-electron chi connectivity index (χ4n) is 2.67. The molecule has 1 saturated heterocycles. The first-order chi connectivity index (χ1) is 10.3. The van der Waals surface area contributed by atoms with Gasteiger partial charge in [0, 0.05) is 32.7 Å². The van der Waals surface area contributed by atoms with Gasteiger partial charge in [-0.1, -0.05) is 12.1 Å². The van der Waals surface area contributed by atoms with E-state index >= 15 is 0 Å². The number of nitrogens with zero attached hydrogens (tertiary/aromatic N) is 2. The predicted molar refractivity (Wildman–Crippen MR) is 84.4 cm³/mol. The number of nitrogens with two attached hydrogens (primary N) is 1. The molecule has 1 aromatic carbocycles. The Bertz CT molecular complexity index is 414. The maximum Gasteiger partial charge on any atom is 0.119 e. The third kappa shape index (κ3) is 5.63. The Kier molecular flexibility index (Phi) is 6.95. The summed E-state index contributed by atoms with van der Waals surface area (Å²) in [7, 11) is 0. The SMILES string of the molecule is NCc1cccc(OCCN2CCCN(CCO)CC2)c1. The Hall–Kier alpha value is -1.14. The molecule has 0 aliphatic carbocycles. The Labute approximate surface area is 127 Å². The Morgan fingerprint density at radius 3 is 2.57 bits per heavy atom. The number of rotatable bonds is 7. The van der Waals surface area contributed by atoms with Gasteiger partial charge in [-0.3, -0.25) is 9.80 Å². The minimum absolute atomic E-state index is 0.251. The normalized spacial score (nSPS) is 17.6. The van der Waals surface area contributed by atoms with Crippen LogP contribution in [0.5, 0.6) is 5.75 Å². The van der Waals surface area contributed by atoms with E-state index in [1.807, 2.05) is 24.3 Å². The second-order valence-electron chi connectivity index (χ2n) is 5.46. The summed E-state index contributed by atoms with van der Waals surface area (Å²) in [6, 6.07) is 7.98. The van der Waals surface area contributed by atoms with Crippen LogP contribution in [0, 0.1) is 0 Å². The van der Waals surface area contributed by atoms with Gasteiger partial charge in [-0.05, 0) is 37.2 Å². The minimum atomic E-state index is 0.251. The number of hydrogen-bond acceptors (Lipinski definition) is 5. The zero-order valence-corrected chi connectivity index (χ0v) is 12.7. The van der Waals surface area contributed by atoms with Crippen molar-refractivity contribution in [3.63, 3.8) is 0 Å². The summed E-state index contributed by atoms with van der Waals surface area (Å²) < 4.78 is 5.82. The molecular weight excluding hydrogens is 266 g/mol. The monoisotopic (exact) mass is 293 g/mol. The molecule has 2 rings (SSSR count). The van der Waals surface area contributed by atoms with Gasteiger partial charge in [-0.25, -0.2) is 0 Å². The van der Waals surface area contributed by atoms with Crippen molar-refractivity contribution in [2.24, 2.45) is 5.73 Å². The lowest BCUT2D eigenvalue weighted by Crippen LogP contribution is -2.34. The minimum Gasteiger partial charge on any atom is -0.492 e. The maximum atomic E-state index is 9.00. The van der Waals surface area contributed by atoms with Gasteiger partial charge < -0.3 is 15.6 Å². The van der Waals surface area contributed by atoms with Crippen molar-refractivity contribution in [1.82, 2.24) is 9.80 Å². The molecule has 0 aromatic heterocycles. The van der Waals surface area contributed by atoms with Crippen molar-refractivity contribution in [3.8, 4) is 5.75 Å². The van der Waals surface area contributed by atoms with E-state index in [4.69, 9.17) is 15.6 Å². The van der Waals surface area contributed by atoms with Gasteiger partial charge in [0.05, 0.1) is 6.61 Å². The highest BCUT2D eigenvalue weighted by Crippen LogP contribution is 2.13. The van der Waals surface area contributed by atoms with Gasteiger partial charge in [-0.2, -0.15) is 0 Å². The number of ether oxygens (including phenoxy) is 1. The van der Waals surface area contributed by atoms with Gasteiger partial charge in [0.15, 0.2) is 0 Å². The number of hydrogen-bond donors (Lipinski definition) is 2. The molecule has 118 valence electrons. The van der Waals surface area contributed by atoms with Crippen LogP contribution in [-0.2, 0) is 6.54 Å². The lowest BCUT2D eigenvalue weighted by atomic mass is 10.2. The van der Waals surface area contributed by atoms with Gasteiger partial charge in [0.1, 0.15) is 12.4 Å². The number of aliphatic hydroxyl groups excluding tert-OH is 1. The molecule has 0 radical (unpaired) electrons. The van der Waals surface area contributed by atoms with Gasteiger partial charge in [0.2, 0.25) is 0 Å². The summed E-state index contributed by atoms with van der Waals surface area (Å²) >= 11 is 0. The molecule has 0 saturated carbocycles. The molecule has 1 aliphatic rings. The standard InChI is InChI=1S/C16H27N3O2/c17-14-15-3-1-4-16(13-15)21-12-10-19-6-2-5-18(7-8-19)9-11-20/h1,3-4,13,20H,2,5-12,14,17H2. The first kappa shape index (κ1) is 16.2. The Morgan fingerprint density at radius 1 is 1.10 bits per heavy atom. The first-order valence-corrected chi connectivity index (χ1v) is 7.79. The topological polar surface area (TPSA) is 62.0 Å². The lowest BCUT2D eigenvalue weighted by molar-refractivity contribution is 0.188. The zero-order valence-electron chi connectivity index (χ0n) is 12.7. The number of benzene rings is 1. The van der Waals surface area contributed by atoms with Crippen molar-refractivity contribution in [2.45, 2.75) is 13.0 Å². The maximum absolute atomic E-state index is 9.00. The molecule has 0 bridgehead atoms. The summed E-state index contributed by atoms with van der Waals surface area (Å²) in [4.78, 5) is 4.76. The highest BCUT2D eigenvalue weighted by Gasteiger charge is 2.13. The fourth-order valence-corrected chi connectivity index (χ4v) is 2.67. The van der Waals surface area contributed by atoms with Crippen molar-refractivity contribution in [1.29, 1.82) is 0 Å². The van der Waals surface area contributed by atoms with Crippen molar-refractivity contribution in [2.75, 3.05) is 52.5 Å².